The maximum Gasteiger partial charge on any atom is 0.267 e. The minimum absolute atomic E-state index is 0.253. The number of hydrogen-bond donors (Lipinski definition) is 1. The Balaban J connectivity index is 1.55. The van der Waals surface area contributed by atoms with E-state index >= 15 is 0 Å². The normalized spacial score (nSPS) is 38.8. The van der Waals surface area contributed by atoms with Crippen LogP contribution >= 0.6 is 0 Å². The lowest BCUT2D eigenvalue weighted by Gasteiger charge is -2.34. The van der Waals surface area contributed by atoms with E-state index in [1.165, 1.54) is 4.90 Å². The molecule has 33 heavy (non-hydrogen) atoms. The van der Waals surface area contributed by atoms with Gasteiger partial charge in [0.2, 0.25) is 16.9 Å². The van der Waals surface area contributed by atoms with E-state index in [0.29, 0.717) is 16.8 Å². The average Bonchev–Trinajstić information content (AvgIpc) is 3.53. The summed E-state index contributed by atoms with van der Waals surface area (Å²) in [4.78, 5) is 34.7. The Hall–Kier alpha value is -3.04. The number of ketones is 1. The third-order valence-electron chi connectivity index (χ3n) is 7.41. The third kappa shape index (κ3) is 1.99. The first-order valence-electron chi connectivity index (χ1n) is 11.0. The zero-order valence-electron chi connectivity index (χ0n) is 18.0. The number of amides is 1. The monoisotopic (exact) mass is 445 g/mol. The molecule has 1 spiro atoms. The van der Waals surface area contributed by atoms with E-state index in [1.54, 1.807) is 44.3 Å². The number of hydrogen-bond acceptors (Lipinski definition) is 7. The van der Waals surface area contributed by atoms with Gasteiger partial charge < -0.3 is 19.3 Å². The molecule has 0 saturated carbocycles. The van der Waals surface area contributed by atoms with Crippen LogP contribution in [-0.4, -0.2) is 64.9 Å². The number of anilines is 1. The van der Waals surface area contributed by atoms with Crippen molar-refractivity contribution in [3.8, 4) is 0 Å². The molecule has 1 aromatic rings. The maximum atomic E-state index is 14.4. The molecular weight excluding hydrogens is 424 g/mol. The lowest BCUT2D eigenvalue weighted by atomic mass is 9.74. The van der Waals surface area contributed by atoms with Crippen LogP contribution < -0.4 is 4.90 Å². The number of Topliss-reactive ketones (excluding diaryl/α,β-unsaturated/α-hetero) is 1. The van der Waals surface area contributed by atoms with Crippen molar-refractivity contribution in [2.75, 3.05) is 11.5 Å². The van der Waals surface area contributed by atoms with E-state index < -0.39 is 41.1 Å². The van der Waals surface area contributed by atoms with Gasteiger partial charge in [0.05, 0.1) is 24.1 Å². The Kier molecular flexibility index (Phi) is 3.47. The van der Waals surface area contributed by atoms with Crippen molar-refractivity contribution in [3.63, 3.8) is 0 Å². The predicted octanol–water partition coefficient (Wildman–Crippen LogP) is 1.66. The third-order valence-corrected chi connectivity index (χ3v) is 7.41. The number of allylic oxidation sites excluding steroid dienone is 4. The highest BCUT2D eigenvalue weighted by Gasteiger charge is 2.86. The lowest BCUT2D eigenvalue weighted by Crippen LogP contribution is -2.58. The first-order chi connectivity index (χ1) is 15.9. The van der Waals surface area contributed by atoms with Crippen molar-refractivity contribution >= 4 is 23.6 Å². The van der Waals surface area contributed by atoms with Crippen LogP contribution in [0.1, 0.15) is 24.2 Å². The fourth-order valence-electron chi connectivity index (χ4n) is 6.35. The van der Waals surface area contributed by atoms with Crippen molar-refractivity contribution in [2.24, 2.45) is 4.99 Å². The molecule has 8 heteroatoms. The van der Waals surface area contributed by atoms with Gasteiger partial charge in [-0.3, -0.25) is 14.5 Å². The van der Waals surface area contributed by atoms with Crippen LogP contribution in [0.3, 0.4) is 0 Å². The number of fused-ring (bicyclic) bond motifs is 5. The van der Waals surface area contributed by atoms with Gasteiger partial charge in [-0.25, -0.2) is 0 Å². The highest BCUT2D eigenvalue weighted by Crippen LogP contribution is 2.63. The second-order valence-electron chi connectivity index (χ2n) is 9.51. The number of aliphatic imine (C=N–C) groups is 1. The second kappa shape index (κ2) is 5.90. The van der Waals surface area contributed by atoms with E-state index in [0.717, 1.165) is 11.3 Å². The van der Waals surface area contributed by atoms with Crippen LogP contribution in [0.5, 0.6) is 0 Å². The first kappa shape index (κ1) is 19.4. The molecule has 7 rings (SSSR count). The zero-order valence-corrected chi connectivity index (χ0v) is 18.0. The summed E-state index contributed by atoms with van der Waals surface area (Å²) in [6, 6.07) is 7.07. The van der Waals surface area contributed by atoms with Crippen LogP contribution in [-0.2, 0) is 19.0 Å². The van der Waals surface area contributed by atoms with Crippen molar-refractivity contribution in [1.82, 2.24) is 0 Å². The topological polar surface area (TPSA) is 97.7 Å². The summed E-state index contributed by atoms with van der Waals surface area (Å²) in [6.45, 7) is 3.08. The summed E-state index contributed by atoms with van der Waals surface area (Å²) >= 11 is 0. The van der Waals surface area contributed by atoms with Gasteiger partial charge in [-0.2, -0.15) is 4.99 Å². The summed E-state index contributed by atoms with van der Waals surface area (Å²) in [5.74, 6) is -1.74. The smallest absolute Gasteiger partial charge is 0.267 e. The molecule has 1 aromatic carbocycles. The van der Waals surface area contributed by atoms with E-state index in [-0.39, 0.29) is 12.4 Å². The maximum absolute atomic E-state index is 14.4. The van der Waals surface area contributed by atoms with Crippen LogP contribution in [0.2, 0.25) is 0 Å². The van der Waals surface area contributed by atoms with Crippen LogP contribution in [0, 0.1) is 6.42 Å². The van der Waals surface area contributed by atoms with Gasteiger partial charge in [0.15, 0.2) is 11.5 Å². The van der Waals surface area contributed by atoms with Gasteiger partial charge in [-0.1, -0.05) is 12.1 Å². The number of ether oxygens (including phenoxy) is 3. The second-order valence-corrected chi connectivity index (χ2v) is 9.51. The molecule has 5 atom stereocenters. The number of carbonyl (C=O) groups excluding carboxylic acids is 2. The standard InChI is InChI=1S/C25H21N2O6/c1-23(2)32-20-18(12-28)31-21-24(15-11-26-16-9-5-3-7-13(15)16)19(29)14-8-4-6-10-17(14)27(24)22(30)25(20,21)33-23/h3-11,18,20-21,28H,12H2,1-2H3/q+1/t18-,20+,21-,24-,25-/m0/s1. The van der Waals surface area contributed by atoms with Gasteiger partial charge in [0.25, 0.3) is 5.91 Å². The average molecular weight is 445 g/mol. The van der Waals surface area contributed by atoms with E-state index in [9.17, 15) is 14.7 Å². The Morgan fingerprint density at radius 1 is 1.24 bits per heavy atom. The number of benzene rings is 1. The lowest BCUT2D eigenvalue weighted by molar-refractivity contribution is -0.205. The Labute approximate surface area is 189 Å². The summed E-state index contributed by atoms with van der Waals surface area (Å²) in [5, 5.41) is 10.1. The number of rotatable bonds is 2. The molecule has 1 aliphatic carbocycles. The molecule has 0 unspecified atom stereocenters. The molecule has 0 bridgehead atoms. The van der Waals surface area contributed by atoms with Crippen molar-refractivity contribution in [2.45, 2.75) is 49.1 Å². The van der Waals surface area contributed by atoms with E-state index in [2.05, 4.69) is 4.99 Å². The number of carbonyl (C=O) groups is 2. The first-order valence-corrected chi connectivity index (χ1v) is 11.0. The largest absolute Gasteiger partial charge is 0.394 e. The van der Waals surface area contributed by atoms with Gasteiger partial charge in [0.1, 0.15) is 23.9 Å². The molecule has 5 heterocycles. The van der Waals surface area contributed by atoms with Gasteiger partial charge in [-0.15, -0.1) is 0 Å². The Morgan fingerprint density at radius 2 is 2.06 bits per heavy atom. The fraction of sp³-hybridized carbons (Fsp3) is 0.360. The van der Waals surface area contributed by atoms with Crippen LogP contribution in [0.25, 0.3) is 0 Å². The number of para-hydroxylation sites is 1. The summed E-state index contributed by atoms with van der Waals surface area (Å²) in [7, 11) is 0. The molecular formula is C25H21N2O6+. The van der Waals surface area contributed by atoms with Crippen molar-refractivity contribution < 1.29 is 28.9 Å². The zero-order chi connectivity index (χ0) is 22.8. The van der Waals surface area contributed by atoms with Crippen LogP contribution in [0.4, 0.5) is 5.69 Å². The SMILES string of the molecule is CC1(C)O[C@@H]2[C@H](CO)O[C@@H]3[C@]2(O1)C(=O)N1c2ccccc2C(=O)[C@@]31C1=C2[CH+]C=CC=C2N=C1. The minimum atomic E-state index is -1.57. The molecule has 0 aromatic heterocycles. The predicted molar refractivity (Wildman–Crippen MR) is 117 cm³/mol. The highest BCUT2D eigenvalue weighted by molar-refractivity contribution is 6.29. The molecule has 1 N–H and O–H groups in total. The Bertz CT molecular complexity index is 1280. The Morgan fingerprint density at radius 3 is 2.88 bits per heavy atom. The number of aliphatic hydroxyl groups excluding tert-OH is 1. The molecule has 166 valence electrons. The summed E-state index contributed by atoms with van der Waals surface area (Å²) in [5.41, 5.74) is -0.0773. The molecule has 1 amide bonds. The highest BCUT2D eigenvalue weighted by atomic mass is 16.8. The fourth-order valence-corrected chi connectivity index (χ4v) is 6.35. The van der Waals surface area contributed by atoms with E-state index in [4.69, 9.17) is 14.2 Å². The van der Waals surface area contributed by atoms with Crippen molar-refractivity contribution in [1.29, 1.82) is 0 Å². The van der Waals surface area contributed by atoms with Crippen LogP contribution in [0.15, 0.2) is 64.3 Å². The van der Waals surface area contributed by atoms with Gasteiger partial charge >= 0.3 is 0 Å². The molecule has 8 nitrogen and oxygen atoms in total. The summed E-state index contributed by atoms with van der Waals surface area (Å²) in [6.07, 6.45) is 6.46. The van der Waals surface area contributed by atoms with Crippen molar-refractivity contribution in [3.05, 3.63) is 71.3 Å². The molecule has 3 saturated heterocycles. The van der Waals surface area contributed by atoms with E-state index in [1.807, 2.05) is 24.6 Å². The number of nitrogens with zero attached hydrogens (tertiary/aromatic N) is 2. The van der Waals surface area contributed by atoms with Gasteiger partial charge in [0, 0.05) is 30.2 Å². The molecule has 5 aliphatic heterocycles. The van der Waals surface area contributed by atoms with Gasteiger partial charge in [-0.05, 0) is 26.0 Å². The molecule has 6 aliphatic rings. The molecule has 3 fully saturated rings. The number of aliphatic hydroxyl groups is 1. The minimum Gasteiger partial charge on any atom is -0.394 e. The quantitative estimate of drug-likeness (QED) is 0.696. The summed E-state index contributed by atoms with van der Waals surface area (Å²) < 4.78 is 18.8. The molecule has 0 radical (unpaired) electrons.